The van der Waals surface area contributed by atoms with Crippen LogP contribution in [0.4, 0.5) is 10.2 Å². The second kappa shape index (κ2) is 10.0. The molecule has 1 saturated carbocycles. The van der Waals surface area contributed by atoms with Crippen LogP contribution in [-0.2, 0) is 0 Å². The van der Waals surface area contributed by atoms with Crippen LogP contribution in [0.25, 0.3) is 0 Å². The normalized spacial score (nSPS) is 25.6. The van der Waals surface area contributed by atoms with E-state index in [0.717, 1.165) is 44.6 Å². The van der Waals surface area contributed by atoms with E-state index in [9.17, 15) is 4.39 Å². The van der Waals surface area contributed by atoms with Gasteiger partial charge >= 0.3 is 0 Å². The molecular weight excluding hydrogens is 470 g/mol. The van der Waals surface area contributed by atoms with Crippen molar-refractivity contribution >= 4 is 35.8 Å². The summed E-state index contributed by atoms with van der Waals surface area (Å²) in [5.41, 5.74) is 0. The van der Waals surface area contributed by atoms with E-state index in [1.807, 2.05) is 4.90 Å². The van der Waals surface area contributed by atoms with Gasteiger partial charge in [0.05, 0.1) is 0 Å². The van der Waals surface area contributed by atoms with E-state index >= 15 is 0 Å². The van der Waals surface area contributed by atoms with Crippen LogP contribution in [-0.4, -0.2) is 67.2 Å². The standard InChI is InChI=1S/C20H31FN6.HI/c1-2-22-20(24-12-15-7-10-26(13-15)17-5-6-17)25-16-8-11-27(14-16)19-18(21)4-3-9-23-19;/h3-4,9,15-17H,2,5-8,10-14H2,1H3,(H2,22,24,25);1H. The van der Waals surface area contributed by atoms with Crippen molar-refractivity contribution in [1.29, 1.82) is 0 Å². The van der Waals surface area contributed by atoms with E-state index in [1.54, 1.807) is 12.3 Å². The molecule has 0 bridgehead atoms. The number of likely N-dealkylation sites (tertiary alicyclic amines) is 1. The van der Waals surface area contributed by atoms with E-state index in [0.29, 0.717) is 11.7 Å². The van der Waals surface area contributed by atoms with Crippen LogP contribution in [0.5, 0.6) is 0 Å². The summed E-state index contributed by atoms with van der Waals surface area (Å²) in [4.78, 5) is 13.7. The zero-order valence-electron chi connectivity index (χ0n) is 16.6. The molecule has 156 valence electrons. The average molecular weight is 502 g/mol. The molecule has 4 rings (SSSR count). The second-order valence-electron chi connectivity index (χ2n) is 7.99. The smallest absolute Gasteiger partial charge is 0.191 e. The molecule has 0 aromatic carbocycles. The average Bonchev–Trinajstić information content (AvgIpc) is 3.23. The number of guanidine groups is 1. The molecule has 3 heterocycles. The number of hydrogen-bond acceptors (Lipinski definition) is 4. The molecule has 0 spiro atoms. The van der Waals surface area contributed by atoms with Crippen molar-refractivity contribution < 1.29 is 4.39 Å². The predicted octanol–water partition coefficient (Wildman–Crippen LogP) is 2.46. The highest BCUT2D eigenvalue weighted by molar-refractivity contribution is 14.0. The Hall–Kier alpha value is -1.16. The molecule has 2 saturated heterocycles. The molecule has 0 radical (unpaired) electrons. The van der Waals surface area contributed by atoms with Crippen molar-refractivity contribution in [1.82, 2.24) is 20.5 Å². The number of aromatic nitrogens is 1. The van der Waals surface area contributed by atoms with Crippen molar-refractivity contribution in [3.05, 3.63) is 24.1 Å². The van der Waals surface area contributed by atoms with E-state index < -0.39 is 0 Å². The summed E-state index contributed by atoms with van der Waals surface area (Å²) < 4.78 is 14.0. The maximum atomic E-state index is 14.0. The Bertz CT molecular complexity index is 668. The van der Waals surface area contributed by atoms with Gasteiger partial charge in [-0.15, -0.1) is 24.0 Å². The zero-order valence-corrected chi connectivity index (χ0v) is 18.9. The van der Waals surface area contributed by atoms with Crippen molar-refractivity contribution in [2.24, 2.45) is 10.9 Å². The predicted molar refractivity (Wildman–Crippen MR) is 122 cm³/mol. The Kier molecular flexibility index (Phi) is 7.73. The number of hydrogen-bond donors (Lipinski definition) is 2. The van der Waals surface area contributed by atoms with Crippen molar-refractivity contribution in [3.63, 3.8) is 0 Å². The van der Waals surface area contributed by atoms with E-state index in [-0.39, 0.29) is 35.8 Å². The van der Waals surface area contributed by atoms with Crippen molar-refractivity contribution in [2.75, 3.05) is 44.2 Å². The monoisotopic (exact) mass is 502 g/mol. The van der Waals surface area contributed by atoms with Gasteiger partial charge in [-0.05, 0) is 57.2 Å². The maximum absolute atomic E-state index is 14.0. The molecular formula is C20H32FIN6. The van der Waals surface area contributed by atoms with Gasteiger partial charge in [0, 0.05) is 51.0 Å². The van der Waals surface area contributed by atoms with Gasteiger partial charge in [0.25, 0.3) is 0 Å². The molecule has 2 atom stereocenters. The topological polar surface area (TPSA) is 55.8 Å². The van der Waals surface area contributed by atoms with Gasteiger partial charge in [-0.25, -0.2) is 9.37 Å². The van der Waals surface area contributed by atoms with Crippen LogP contribution in [0.1, 0.15) is 32.6 Å². The number of pyridine rings is 1. The van der Waals surface area contributed by atoms with Gasteiger partial charge in [0.1, 0.15) is 0 Å². The zero-order chi connectivity index (χ0) is 18.6. The minimum absolute atomic E-state index is 0. The number of nitrogens with one attached hydrogen (secondary N) is 2. The Labute approximate surface area is 184 Å². The molecule has 0 amide bonds. The minimum Gasteiger partial charge on any atom is -0.357 e. The number of aliphatic imine (C=N–C) groups is 1. The minimum atomic E-state index is -0.250. The largest absolute Gasteiger partial charge is 0.357 e. The molecule has 1 aromatic heterocycles. The Balaban J connectivity index is 0.00000225. The van der Waals surface area contributed by atoms with E-state index in [4.69, 9.17) is 4.99 Å². The maximum Gasteiger partial charge on any atom is 0.191 e. The van der Waals surface area contributed by atoms with Crippen molar-refractivity contribution in [3.8, 4) is 0 Å². The molecule has 3 aliphatic rings. The molecule has 8 heteroatoms. The summed E-state index contributed by atoms with van der Waals surface area (Å²) >= 11 is 0. The summed E-state index contributed by atoms with van der Waals surface area (Å²) in [5, 5.41) is 6.90. The third-order valence-electron chi connectivity index (χ3n) is 5.80. The highest BCUT2D eigenvalue weighted by Crippen LogP contribution is 2.31. The van der Waals surface area contributed by atoms with Gasteiger partial charge in [-0.2, -0.15) is 0 Å². The number of halogens is 2. The Morgan fingerprint density at radius 3 is 2.86 bits per heavy atom. The molecule has 2 aliphatic heterocycles. The van der Waals surface area contributed by atoms with Crippen LogP contribution < -0.4 is 15.5 Å². The fraction of sp³-hybridized carbons (Fsp3) is 0.700. The summed E-state index contributed by atoms with van der Waals surface area (Å²) in [6.07, 6.45) is 6.64. The fourth-order valence-corrected chi connectivity index (χ4v) is 4.20. The Morgan fingerprint density at radius 1 is 1.25 bits per heavy atom. The van der Waals surface area contributed by atoms with E-state index in [1.165, 1.54) is 38.4 Å². The first-order valence-corrected chi connectivity index (χ1v) is 10.4. The molecule has 1 aromatic rings. The van der Waals surface area contributed by atoms with Crippen LogP contribution in [0, 0.1) is 11.7 Å². The number of rotatable bonds is 6. The molecule has 6 nitrogen and oxygen atoms in total. The number of anilines is 1. The van der Waals surface area contributed by atoms with Crippen molar-refractivity contribution in [2.45, 2.75) is 44.7 Å². The SMILES string of the molecule is CCNC(=NCC1CCN(C2CC2)C1)NC1CCN(c2ncccc2F)C1.I. The lowest BCUT2D eigenvalue weighted by Gasteiger charge is -2.20. The number of nitrogens with zero attached hydrogens (tertiary/aromatic N) is 4. The second-order valence-corrected chi connectivity index (χ2v) is 7.99. The van der Waals surface area contributed by atoms with Crippen LogP contribution in [0.3, 0.4) is 0 Å². The first-order chi connectivity index (χ1) is 13.2. The first kappa shape index (κ1) is 21.5. The molecule has 3 fully saturated rings. The highest BCUT2D eigenvalue weighted by Gasteiger charge is 2.34. The highest BCUT2D eigenvalue weighted by atomic mass is 127. The summed E-state index contributed by atoms with van der Waals surface area (Å²) in [5.74, 6) is 1.76. The van der Waals surface area contributed by atoms with Gasteiger partial charge in [-0.1, -0.05) is 0 Å². The summed E-state index contributed by atoms with van der Waals surface area (Å²) in [7, 11) is 0. The lowest BCUT2D eigenvalue weighted by atomic mass is 10.1. The van der Waals surface area contributed by atoms with Gasteiger partial charge < -0.3 is 20.4 Å². The summed E-state index contributed by atoms with van der Waals surface area (Å²) in [6, 6.07) is 4.23. The quantitative estimate of drug-likeness (QED) is 0.356. The Morgan fingerprint density at radius 2 is 2.11 bits per heavy atom. The van der Waals surface area contributed by atoms with Crippen LogP contribution >= 0.6 is 24.0 Å². The van der Waals surface area contributed by atoms with Gasteiger partial charge in [0.2, 0.25) is 0 Å². The molecule has 1 aliphatic carbocycles. The van der Waals surface area contributed by atoms with Gasteiger partial charge in [-0.3, -0.25) is 4.99 Å². The lowest BCUT2D eigenvalue weighted by Crippen LogP contribution is -2.45. The summed E-state index contributed by atoms with van der Waals surface area (Å²) in [6.45, 7) is 7.80. The van der Waals surface area contributed by atoms with Gasteiger partial charge in [0.15, 0.2) is 17.6 Å². The third-order valence-corrected chi connectivity index (χ3v) is 5.80. The molecule has 2 unspecified atom stereocenters. The van der Waals surface area contributed by atoms with Crippen LogP contribution in [0.15, 0.2) is 23.3 Å². The molecule has 2 N–H and O–H groups in total. The molecule has 28 heavy (non-hydrogen) atoms. The van der Waals surface area contributed by atoms with E-state index in [2.05, 4.69) is 27.4 Å². The van der Waals surface area contributed by atoms with Crippen LogP contribution in [0.2, 0.25) is 0 Å². The third kappa shape index (κ3) is 5.46. The fourth-order valence-electron chi connectivity index (χ4n) is 4.20. The first-order valence-electron chi connectivity index (χ1n) is 10.4. The lowest BCUT2D eigenvalue weighted by molar-refractivity contribution is 0.315.